The molecular formula is C13H20BrNO. The predicted molar refractivity (Wildman–Crippen MR) is 71.9 cm³/mol. The zero-order valence-electron chi connectivity index (χ0n) is 10.2. The van der Waals surface area contributed by atoms with Crippen molar-refractivity contribution in [1.82, 2.24) is 5.32 Å². The van der Waals surface area contributed by atoms with Crippen LogP contribution in [-0.4, -0.2) is 13.2 Å². The van der Waals surface area contributed by atoms with Gasteiger partial charge in [0.2, 0.25) is 0 Å². The van der Waals surface area contributed by atoms with Crippen LogP contribution in [-0.2, 0) is 6.54 Å². The first-order chi connectivity index (χ1) is 7.71. The lowest BCUT2D eigenvalue weighted by atomic mass is 10.2. The van der Waals surface area contributed by atoms with Crippen LogP contribution in [0.5, 0.6) is 5.75 Å². The topological polar surface area (TPSA) is 21.3 Å². The molecule has 0 atom stereocenters. The molecule has 1 aromatic carbocycles. The SMILES string of the molecule is CCC(CC)Oc1ccc(CNC)cc1Br. The molecule has 2 nitrogen and oxygen atoms in total. The molecule has 0 aliphatic carbocycles. The van der Waals surface area contributed by atoms with Crippen LogP contribution in [0.1, 0.15) is 32.3 Å². The van der Waals surface area contributed by atoms with Gasteiger partial charge in [0.05, 0.1) is 10.6 Å². The van der Waals surface area contributed by atoms with Crippen LogP contribution in [0.2, 0.25) is 0 Å². The molecule has 0 aliphatic rings. The van der Waals surface area contributed by atoms with Gasteiger partial charge in [0.25, 0.3) is 0 Å². The molecule has 0 aliphatic heterocycles. The third-order valence-electron chi connectivity index (χ3n) is 2.58. The van der Waals surface area contributed by atoms with Gasteiger partial charge in [-0.1, -0.05) is 19.9 Å². The van der Waals surface area contributed by atoms with E-state index < -0.39 is 0 Å². The number of rotatable bonds is 6. The van der Waals surface area contributed by atoms with E-state index in [0.717, 1.165) is 29.6 Å². The van der Waals surface area contributed by atoms with Crippen LogP contribution in [0.15, 0.2) is 22.7 Å². The summed E-state index contributed by atoms with van der Waals surface area (Å²) in [7, 11) is 1.95. The summed E-state index contributed by atoms with van der Waals surface area (Å²) in [5, 5.41) is 3.13. The van der Waals surface area contributed by atoms with Crippen LogP contribution in [0.3, 0.4) is 0 Å². The van der Waals surface area contributed by atoms with E-state index in [1.807, 2.05) is 13.1 Å². The first kappa shape index (κ1) is 13.5. The second-order valence-corrected chi connectivity index (χ2v) is 4.71. The maximum Gasteiger partial charge on any atom is 0.133 e. The van der Waals surface area contributed by atoms with Crippen molar-refractivity contribution in [2.45, 2.75) is 39.3 Å². The Hall–Kier alpha value is -0.540. The Morgan fingerprint density at radius 3 is 2.50 bits per heavy atom. The predicted octanol–water partition coefficient (Wildman–Crippen LogP) is 3.74. The van der Waals surface area contributed by atoms with E-state index in [4.69, 9.17) is 4.74 Å². The molecule has 0 saturated heterocycles. The van der Waals surface area contributed by atoms with Gasteiger partial charge in [-0.15, -0.1) is 0 Å². The molecule has 1 aromatic rings. The average Bonchev–Trinajstić information content (AvgIpc) is 2.29. The summed E-state index contributed by atoms with van der Waals surface area (Å²) in [5.41, 5.74) is 1.26. The number of benzene rings is 1. The maximum absolute atomic E-state index is 5.91. The Bertz CT molecular complexity index is 324. The van der Waals surface area contributed by atoms with Gasteiger partial charge in [-0.25, -0.2) is 0 Å². The van der Waals surface area contributed by atoms with Gasteiger partial charge in [0, 0.05) is 6.54 Å². The Morgan fingerprint density at radius 1 is 1.31 bits per heavy atom. The molecule has 0 unspecified atom stereocenters. The third kappa shape index (κ3) is 3.80. The summed E-state index contributed by atoms with van der Waals surface area (Å²) < 4.78 is 6.94. The molecule has 0 saturated carbocycles. The molecule has 0 heterocycles. The molecule has 1 N–H and O–H groups in total. The van der Waals surface area contributed by atoms with E-state index in [9.17, 15) is 0 Å². The zero-order valence-corrected chi connectivity index (χ0v) is 11.8. The van der Waals surface area contributed by atoms with Gasteiger partial charge in [0.15, 0.2) is 0 Å². The lowest BCUT2D eigenvalue weighted by molar-refractivity contribution is 0.191. The van der Waals surface area contributed by atoms with E-state index in [-0.39, 0.29) is 0 Å². The van der Waals surface area contributed by atoms with Crippen molar-refractivity contribution in [1.29, 1.82) is 0 Å². The second-order valence-electron chi connectivity index (χ2n) is 3.85. The number of halogens is 1. The van der Waals surface area contributed by atoms with Gasteiger partial charge < -0.3 is 10.1 Å². The Morgan fingerprint density at radius 2 is 2.00 bits per heavy atom. The number of ether oxygens (including phenoxy) is 1. The number of hydrogen-bond acceptors (Lipinski definition) is 2. The fourth-order valence-corrected chi connectivity index (χ4v) is 2.11. The van der Waals surface area contributed by atoms with Crippen molar-refractivity contribution in [3.8, 4) is 5.75 Å². The number of hydrogen-bond donors (Lipinski definition) is 1. The van der Waals surface area contributed by atoms with Gasteiger partial charge in [-0.2, -0.15) is 0 Å². The lowest BCUT2D eigenvalue weighted by Crippen LogP contribution is -2.14. The summed E-state index contributed by atoms with van der Waals surface area (Å²) in [4.78, 5) is 0. The summed E-state index contributed by atoms with van der Waals surface area (Å²) in [6, 6.07) is 6.24. The highest BCUT2D eigenvalue weighted by atomic mass is 79.9. The Labute approximate surface area is 107 Å². The fraction of sp³-hybridized carbons (Fsp3) is 0.538. The van der Waals surface area contributed by atoms with Gasteiger partial charge in [-0.3, -0.25) is 0 Å². The molecule has 16 heavy (non-hydrogen) atoms. The van der Waals surface area contributed by atoms with E-state index in [0.29, 0.717) is 6.10 Å². The first-order valence-corrected chi connectivity index (χ1v) is 6.60. The Kier molecular flexibility index (Phi) is 5.85. The molecule has 0 bridgehead atoms. The van der Waals surface area contributed by atoms with Gasteiger partial charge in [0.1, 0.15) is 5.75 Å². The lowest BCUT2D eigenvalue weighted by Gasteiger charge is -2.17. The summed E-state index contributed by atoms with van der Waals surface area (Å²) >= 11 is 3.55. The van der Waals surface area contributed by atoms with E-state index in [2.05, 4.69) is 47.2 Å². The highest BCUT2D eigenvalue weighted by molar-refractivity contribution is 9.10. The fourth-order valence-electron chi connectivity index (χ4n) is 1.59. The summed E-state index contributed by atoms with van der Waals surface area (Å²) in [6.45, 7) is 5.18. The van der Waals surface area contributed by atoms with E-state index >= 15 is 0 Å². The van der Waals surface area contributed by atoms with Crippen molar-refractivity contribution >= 4 is 15.9 Å². The zero-order chi connectivity index (χ0) is 12.0. The van der Waals surface area contributed by atoms with Crippen molar-refractivity contribution in [2.24, 2.45) is 0 Å². The normalized spacial score (nSPS) is 10.8. The second kappa shape index (κ2) is 6.92. The standard InChI is InChI=1S/C13H20BrNO/c1-4-11(5-2)16-13-7-6-10(9-15-3)8-12(13)14/h6-8,11,15H,4-5,9H2,1-3H3. The first-order valence-electron chi connectivity index (χ1n) is 5.80. The molecule has 90 valence electrons. The van der Waals surface area contributed by atoms with Crippen molar-refractivity contribution < 1.29 is 4.74 Å². The molecule has 0 fully saturated rings. The van der Waals surface area contributed by atoms with Crippen LogP contribution in [0, 0.1) is 0 Å². The van der Waals surface area contributed by atoms with Crippen LogP contribution in [0.4, 0.5) is 0 Å². The molecule has 0 spiro atoms. The van der Waals surface area contributed by atoms with Gasteiger partial charge in [-0.05, 0) is 53.5 Å². The minimum Gasteiger partial charge on any atom is -0.489 e. The maximum atomic E-state index is 5.91. The van der Waals surface area contributed by atoms with Crippen molar-refractivity contribution in [3.05, 3.63) is 28.2 Å². The van der Waals surface area contributed by atoms with Crippen LogP contribution in [0.25, 0.3) is 0 Å². The van der Waals surface area contributed by atoms with Crippen LogP contribution < -0.4 is 10.1 Å². The van der Waals surface area contributed by atoms with Gasteiger partial charge >= 0.3 is 0 Å². The highest BCUT2D eigenvalue weighted by Gasteiger charge is 2.08. The van der Waals surface area contributed by atoms with E-state index in [1.165, 1.54) is 5.56 Å². The molecule has 0 radical (unpaired) electrons. The monoisotopic (exact) mass is 285 g/mol. The third-order valence-corrected chi connectivity index (χ3v) is 3.20. The van der Waals surface area contributed by atoms with E-state index in [1.54, 1.807) is 0 Å². The summed E-state index contributed by atoms with van der Waals surface area (Å²) in [5.74, 6) is 0.938. The quantitative estimate of drug-likeness (QED) is 0.860. The van der Waals surface area contributed by atoms with Crippen LogP contribution >= 0.6 is 15.9 Å². The molecule has 0 amide bonds. The summed E-state index contributed by atoms with van der Waals surface area (Å²) in [6.07, 6.45) is 2.40. The minimum atomic E-state index is 0.312. The Balaban J connectivity index is 2.74. The largest absolute Gasteiger partial charge is 0.489 e. The smallest absolute Gasteiger partial charge is 0.133 e. The molecule has 1 rings (SSSR count). The average molecular weight is 286 g/mol. The highest BCUT2D eigenvalue weighted by Crippen LogP contribution is 2.27. The van der Waals surface area contributed by atoms with Crippen molar-refractivity contribution in [3.63, 3.8) is 0 Å². The molecule has 0 aromatic heterocycles. The molecular weight excluding hydrogens is 266 g/mol. The molecule has 3 heteroatoms. The number of nitrogens with one attached hydrogen (secondary N) is 1. The minimum absolute atomic E-state index is 0.312. The van der Waals surface area contributed by atoms with Crippen molar-refractivity contribution in [2.75, 3.05) is 7.05 Å².